The predicted molar refractivity (Wildman–Crippen MR) is 39.9 cm³/mol. The molecule has 0 aliphatic heterocycles. The van der Waals surface area contributed by atoms with Crippen LogP contribution < -0.4 is 5.73 Å². The SMILES string of the molecule is FB(F)F.Nc1ccccc1. The van der Waals surface area contributed by atoms with Crippen molar-refractivity contribution in [2.45, 2.75) is 0 Å². The van der Waals surface area contributed by atoms with Crippen molar-refractivity contribution in [2.75, 3.05) is 5.73 Å². The molecule has 0 spiro atoms. The van der Waals surface area contributed by atoms with Crippen molar-refractivity contribution in [1.29, 1.82) is 0 Å². The van der Waals surface area contributed by atoms with Crippen molar-refractivity contribution in [1.82, 2.24) is 0 Å². The molecule has 0 bridgehead atoms. The van der Waals surface area contributed by atoms with Crippen molar-refractivity contribution in [2.24, 2.45) is 0 Å². The van der Waals surface area contributed by atoms with Crippen LogP contribution in [0.15, 0.2) is 30.3 Å². The summed E-state index contributed by atoms with van der Waals surface area (Å²) in [7, 11) is -3.67. The first-order valence-corrected chi connectivity index (χ1v) is 2.85. The molecule has 0 fully saturated rings. The van der Waals surface area contributed by atoms with E-state index in [1.54, 1.807) is 0 Å². The van der Waals surface area contributed by atoms with Gasteiger partial charge in [0.2, 0.25) is 0 Å². The fourth-order valence-electron chi connectivity index (χ4n) is 0.453. The third-order valence-electron chi connectivity index (χ3n) is 0.800. The van der Waals surface area contributed by atoms with Gasteiger partial charge in [-0.2, -0.15) is 0 Å². The molecule has 0 aromatic heterocycles. The Morgan fingerprint density at radius 3 is 1.55 bits per heavy atom. The molecule has 1 rings (SSSR count). The van der Waals surface area contributed by atoms with Crippen LogP contribution in [0.4, 0.5) is 18.6 Å². The number of nitrogen functional groups attached to an aromatic ring is 1. The summed E-state index contributed by atoms with van der Waals surface area (Å²) in [5.41, 5.74) is 6.18. The van der Waals surface area contributed by atoms with Gasteiger partial charge in [0.15, 0.2) is 0 Å². The van der Waals surface area contributed by atoms with Crippen LogP contribution in [0.3, 0.4) is 0 Å². The van der Waals surface area contributed by atoms with Gasteiger partial charge in [-0.3, -0.25) is 12.9 Å². The number of benzene rings is 1. The fraction of sp³-hybridized carbons (Fsp3) is 0. The molecule has 1 aromatic carbocycles. The largest absolute Gasteiger partial charge is 0.762 e. The average Bonchev–Trinajstić information content (AvgIpc) is 1.87. The second-order valence-electron chi connectivity index (χ2n) is 1.66. The van der Waals surface area contributed by atoms with E-state index >= 15 is 0 Å². The first-order valence-electron chi connectivity index (χ1n) is 2.85. The zero-order valence-electron chi connectivity index (χ0n) is 5.68. The van der Waals surface area contributed by atoms with E-state index in [1.165, 1.54) is 0 Å². The Kier molecular flexibility index (Phi) is 5.07. The standard InChI is InChI=1S/C6H7N.BF3/c7-6-4-2-1-3-5-6;2-1(3)4/h1-5H,7H2;. The summed E-state index contributed by atoms with van der Waals surface area (Å²) in [6.07, 6.45) is 0. The summed E-state index contributed by atoms with van der Waals surface area (Å²) in [4.78, 5) is 0. The number of para-hydroxylation sites is 1. The highest BCUT2D eigenvalue weighted by Gasteiger charge is 2.06. The molecular formula is C6H7BF3N. The fourth-order valence-corrected chi connectivity index (χ4v) is 0.453. The van der Waals surface area contributed by atoms with E-state index in [2.05, 4.69) is 0 Å². The van der Waals surface area contributed by atoms with Crippen LogP contribution in [0.2, 0.25) is 0 Å². The lowest BCUT2D eigenvalue weighted by atomic mass is 10.3. The summed E-state index contributed by atoms with van der Waals surface area (Å²) >= 11 is 0. The third kappa shape index (κ3) is 8.87. The highest BCUT2D eigenvalue weighted by Crippen LogP contribution is 1.95. The number of hydrogen-bond acceptors (Lipinski definition) is 1. The lowest BCUT2D eigenvalue weighted by Crippen LogP contribution is -1.79. The van der Waals surface area contributed by atoms with E-state index in [1.807, 2.05) is 30.3 Å². The quantitative estimate of drug-likeness (QED) is 0.457. The molecule has 11 heavy (non-hydrogen) atoms. The molecule has 1 nitrogen and oxygen atoms in total. The molecule has 0 unspecified atom stereocenters. The summed E-state index contributed by atoms with van der Waals surface area (Å²) in [6.45, 7) is 0. The first-order chi connectivity index (χ1) is 5.13. The van der Waals surface area contributed by atoms with Crippen molar-refractivity contribution in [3.8, 4) is 0 Å². The van der Waals surface area contributed by atoms with Gasteiger partial charge in [-0.15, -0.1) is 0 Å². The lowest BCUT2D eigenvalue weighted by Gasteiger charge is -1.83. The van der Waals surface area contributed by atoms with Gasteiger partial charge in [0.1, 0.15) is 0 Å². The minimum atomic E-state index is -3.67. The summed E-state index contributed by atoms with van der Waals surface area (Å²) in [6, 6.07) is 9.49. The Bertz CT molecular complexity index is 178. The summed E-state index contributed by atoms with van der Waals surface area (Å²) < 4.78 is 29.0. The Hall–Kier alpha value is -1.13. The topological polar surface area (TPSA) is 26.0 Å². The highest BCUT2D eigenvalue weighted by atomic mass is 19.4. The van der Waals surface area contributed by atoms with Crippen molar-refractivity contribution in [3.05, 3.63) is 30.3 Å². The number of hydrogen-bond donors (Lipinski definition) is 1. The number of nitrogens with two attached hydrogens (primary N) is 1. The van der Waals surface area contributed by atoms with Crippen LogP contribution in [0.5, 0.6) is 0 Å². The maximum atomic E-state index is 9.67. The number of halogens is 3. The molecular weight excluding hydrogens is 154 g/mol. The molecule has 0 aliphatic carbocycles. The van der Waals surface area contributed by atoms with E-state index < -0.39 is 7.54 Å². The van der Waals surface area contributed by atoms with Gasteiger partial charge < -0.3 is 5.73 Å². The third-order valence-corrected chi connectivity index (χ3v) is 0.800. The van der Waals surface area contributed by atoms with E-state index in [4.69, 9.17) is 5.73 Å². The zero-order valence-corrected chi connectivity index (χ0v) is 5.68. The first kappa shape index (κ1) is 9.87. The van der Waals surface area contributed by atoms with Crippen LogP contribution in [-0.2, 0) is 0 Å². The van der Waals surface area contributed by atoms with E-state index in [0.717, 1.165) is 5.69 Å². The predicted octanol–water partition coefficient (Wildman–Crippen LogP) is 2.15. The smallest absolute Gasteiger partial charge is 0.399 e. The minimum absolute atomic E-state index is 0.822. The molecule has 1 aromatic rings. The molecule has 0 saturated carbocycles. The maximum Gasteiger partial charge on any atom is 0.762 e. The zero-order chi connectivity index (χ0) is 8.69. The van der Waals surface area contributed by atoms with Crippen molar-refractivity contribution >= 4 is 13.2 Å². The molecule has 5 heteroatoms. The molecule has 0 radical (unpaired) electrons. The second kappa shape index (κ2) is 5.64. The summed E-state index contributed by atoms with van der Waals surface area (Å²) in [5, 5.41) is 0. The number of anilines is 1. The van der Waals surface area contributed by atoms with Gasteiger partial charge >= 0.3 is 7.54 Å². The van der Waals surface area contributed by atoms with Crippen LogP contribution in [0, 0.1) is 0 Å². The molecule has 0 heterocycles. The molecule has 0 amide bonds. The lowest BCUT2D eigenvalue weighted by molar-refractivity contribution is 0.535. The van der Waals surface area contributed by atoms with Crippen LogP contribution in [0.25, 0.3) is 0 Å². The molecule has 0 atom stereocenters. The normalized spacial score (nSPS) is 7.91. The van der Waals surface area contributed by atoms with Gasteiger partial charge in [0.25, 0.3) is 0 Å². The van der Waals surface area contributed by atoms with Gasteiger partial charge in [0.05, 0.1) is 0 Å². The summed E-state index contributed by atoms with van der Waals surface area (Å²) in [5.74, 6) is 0. The van der Waals surface area contributed by atoms with Gasteiger partial charge in [-0.25, -0.2) is 0 Å². The van der Waals surface area contributed by atoms with Crippen LogP contribution >= 0.6 is 0 Å². The Morgan fingerprint density at radius 1 is 1.00 bits per heavy atom. The second-order valence-corrected chi connectivity index (χ2v) is 1.66. The van der Waals surface area contributed by atoms with E-state index in [0.29, 0.717) is 0 Å². The van der Waals surface area contributed by atoms with Gasteiger partial charge in [-0.05, 0) is 12.1 Å². The Balaban J connectivity index is 0.000000218. The van der Waals surface area contributed by atoms with Crippen molar-refractivity contribution < 1.29 is 12.9 Å². The van der Waals surface area contributed by atoms with Gasteiger partial charge in [0, 0.05) is 5.69 Å². The molecule has 0 saturated heterocycles. The van der Waals surface area contributed by atoms with Gasteiger partial charge in [-0.1, -0.05) is 18.2 Å². The van der Waals surface area contributed by atoms with E-state index in [9.17, 15) is 12.9 Å². The minimum Gasteiger partial charge on any atom is -0.399 e. The maximum absolute atomic E-state index is 9.67. The Labute approximate surface area is 63.2 Å². The monoisotopic (exact) mass is 161 g/mol. The number of rotatable bonds is 0. The molecule has 60 valence electrons. The van der Waals surface area contributed by atoms with Crippen molar-refractivity contribution in [3.63, 3.8) is 0 Å². The van der Waals surface area contributed by atoms with E-state index in [-0.39, 0.29) is 0 Å². The molecule has 2 N–H and O–H groups in total. The Morgan fingerprint density at radius 2 is 1.36 bits per heavy atom. The van der Waals surface area contributed by atoms with Crippen LogP contribution in [-0.4, -0.2) is 7.54 Å². The highest BCUT2D eigenvalue weighted by molar-refractivity contribution is 6.33. The average molecular weight is 161 g/mol. The van der Waals surface area contributed by atoms with Crippen LogP contribution in [0.1, 0.15) is 0 Å². The molecule has 0 aliphatic rings.